The molecule has 0 amide bonds. The van der Waals surface area contributed by atoms with Gasteiger partial charge in [-0.2, -0.15) is 20.2 Å². The number of benzene rings is 4. The van der Waals surface area contributed by atoms with Crippen molar-refractivity contribution in [1.82, 2.24) is 0 Å². The quantitative estimate of drug-likeness (QED) is 0.0361. The second-order valence-corrected chi connectivity index (χ2v) is 25.6. The fraction of sp³-hybridized carbons (Fsp3) is 0.590. The molecule has 0 aromatic heterocycles. The molecule has 0 radical (unpaired) electrons. The van der Waals surface area contributed by atoms with Crippen molar-refractivity contribution in [3.05, 3.63) is 107 Å². The van der Waals surface area contributed by atoms with Gasteiger partial charge in [-0.25, -0.2) is 0 Å². The van der Waals surface area contributed by atoms with E-state index in [1.165, 1.54) is 121 Å². The molecule has 13 heteroatoms. The Balaban J connectivity index is 0.000000276. The second kappa shape index (κ2) is 32.3. The molecule has 4 atom stereocenters. The predicted octanol–water partition coefficient (Wildman–Crippen LogP) is 16.3. The lowest BCUT2D eigenvalue weighted by atomic mass is 9.68. The van der Waals surface area contributed by atoms with E-state index >= 15 is 0 Å². The molecule has 4 aromatic carbocycles. The molecule has 1 N–H and O–H groups in total. The number of aliphatic carboxylic acids is 1. The summed E-state index contributed by atoms with van der Waals surface area (Å²) in [4.78, 5) is 13.3. The molecule has 0 fully saturated rings. The van der Waals surface area contributed by atoms with Gasteiger partial charge in [-0.05, 0) is 133 Å². The molecule has 0 bridgehead atoms. The van der Waals surface area contributed by atoms with E-state index in [1.54, 1.807) is 28.4 Å². The maximum Gasteiger partial charge on any atom is 0.303 e. The lowest BCUT2D eigenvalue weighted by Gasteiger charge is -2.43. The summed E-state index contributed by atoms with van der Waals surface area (Å²) in [6, 6.07) is 30.6. The van der Waals surface area contributed by atoms with Gasteiger partial charge in [0, 0.05) is 38.5 Å². The molecule has 4 aromatic rings. The van der Waals surface area contributed by atoms with Crippen LogP contribution in [0.25, 0.3) is 0 Å². The maximum atomic E-state index is 11.0. The standard InChI is InChI=1S/C33H48O4S2.C28H40O5S2/c1-33(26-16-18-27(36-2)19-17-26)25-39-31-24-28(37-3)20-21-29(31)30(33)14-10-7-5-4-6-8-12-22-38-23-13-9-11-15-32(34)35;1-28(22-13-15-23(31-2)16-14-22)21-34-27-20-24(32-3)17-18-25(27)26(28)12-10-8-6-5-7-9-11-19-33-35(4,29)30/h16-21,24,30H,4-15,22-23,25H2,1-3H3,(H,34,35);13-18,20,26H,5-12,19,21H2,1-4H3. The van der Waals surface area contributed by atoms with Gasteiger partial charge in [0.1, 0.15) is 23.0 Å². The van der Waals surface area contributed by atoms with Gasteiger partial charge in [0.15, 0.2) is 0 Å². The zero-order chi connectivity index (χ0) is 53.2. The van der Waals surface area contributed by atoms with E-state index in [1.807, 2.05) is 35.3 Å². The van der Waals surface area contributed by atoms with Crippen LogP contribution < -0.4 is 18.9 Å². The lowest BCUT2D eigenvalue weighted by molar-refractivity contribution is -0.137. The Labute approximate surface area is 459 Å². The summed E-state index contributed by atoms with van der Waals surface area (Å²) in [5.41, 5.74) is 5.83. The van der Waals surface area contributed by atoms with Crippen molar-refractivity contribution >= 4 is 51.4 Å². The van der Waals surface area contributed by atoms with Crippen LogP contribution in [0.2, 0.25) is 0 Å². The number of carbonyl (C=O) groups is 1. The Bertz CT molecular complexity index is 2360. The van der Waals surface area contributed by atoms with Crippen LogP contribution in [0.3, 0.4) is 0 Å². The fourth-order valence-corrected chi connectivity index (χ4v) is 14.9. The van der Waals surface area contributed by atoms with Gasteiger partial charge in [-0.3, -0.25) is 8.98 Å². The van der Waals surface area contributed by atoms with Crippen LogP contribution in [0.1, 0.15) is 176 Å². The molecule has 0 saturated carbocycles. The summed E-state index contributed by atoms with van der Waals surface area (Å²) in [6.45, 7) is 5.17. The Hall–Kier alpha value is -3.49. The first-order valence-corrected chi connectivity index (χ1v) is 32.2. The highest BCUT2D eigenvalue weighted by molar-refractivity contribution is 7.99. The smallest absolute Gasteiger partial charge is 0.303 e. The van der Waals surface area contributed by atoms with Crippen molar-refractivity contribution in [2.75, 3.05) is 64.3 Å². The first-order chi connectivity index (χ1) is 35.7. The van der Waals surface area contributed by atoms with Gasteiger partial charge in [-0.1, -0.05) is 134 Å². The number of hydrogen-bond acceptors (Lipinski definition) is 11. The molecule has 0 aliphatic carbocycles. The molecule has 6 rings (SSSR count). The predicted molar refractivity (Wildman–Crippen MR) is 312 cm³/mol. The summed E-state index contributed by atoms with van der Waals surface area (Å²) in [5, 5.41) is 8.68. The number of rotatable bonds is 33. The average molecular weight is 1090 g/mol. The van der Waals surface area contributed by atoms with Crippen LogP contribution in [-0.4, -0.2) is 83.8 Å². The zero-order valence-electron chi connectivity index (χ0n) is 45.8. The van der Waals surface area contributed by atoms with Crippen molar-refractivity contribution in [2.24, 2.45) is 0 Å². The number of carboxylic acids is 1. The largest absolute Gasteiger partial charge is 0.497 e. The van der Waals surface area contributed by atoms with Crippen LogP contribution in [0.4, 0.5) is 0 Å². The molecule has 2 heterocycles. The van der Waals surface area contributed by atoms with Crippen molar-refractivity contribution in [2.45, 2.75) is 175 Å². The lowest BCUT2D eigenvalue weighted by Crippen LogP contribution is -2.36. The molecule has 2 aliphatic heterocycles. The average Bonchev–Trinajstić information content (AvgIpc) is 3.40. The van der Waals surface area contributed by atoms with Gasteiger partial charge < -0.3 is 24.1 Å². The van der Waals surface area contributed by atoms with Crippen LogP contribution in [0.5, 0.6) is 23.0 Å². The molecule has 2 aliphatic rings. The van der Waals surface area contributed by atoms with Crippen molar-refractivity contribution in [1.29, 1.82) is 0 Å². The van der Waals surface area contributed by atoms with Gasteiger partial charge in [0.2, 0.25) is 0 Å². The number of thioether (sulfide) groups is 3. The van der Waals surface area contributed by atoms with Crippen molar-refractivity contribution < 1.29 is 41.4 Å². The number of hydrogen-bond donors (Lipinski definition) is 1. The minimum absolute atomic E-state index is 0.0537. The Morgan fingerprint density at radius 3 is 1.30 bits per heavy atom. The van der Waals surface area contributed by atoms with Gasteiger partial charge in [-0.15, -0.1) is 23.5 Å². The minimum atomic E-state index is -3.31. The summed E-state index contributed by atoms with van der Waals surface area (Å²) < 4.78 is 48.7. The SMILES string of the molecule is COc1ccc(C2(C)CSc3cc(OC)ccc3C2CCCCCCCCCOS(C)(=O)=O)cc1.COc1ccc(C2(C)CSc3cc(OC)ccc3C2CCCCCCCCCSCCCCCC(=O)O)cc1. The second-order valence-electron chi connectivity index (χ2n) is 20.7. The van der Waals surface area contributed by atoms with Gasteiger partial charge in [0.25, 0.3) is 10.1 Å². The van der Waals surface area contributed by atoms with E-state index in [0.717, 1.165) is 85.7 Å². The van der Waals surface area contributed by atoms with Crippen molar-refractivity contribution in [3.8, 4) is 23.0 Å². The highest BCUT2D eigenvalue weighted by Crippen LogP contribution is 2.54. The molecule has 4 unspecified atom stereocenters. The highest BCUT2D eigenvalue weighted by Gasteiger charge is 2.42. The third-order valence-corrected chi connectivity index (χ3v) is 19.7. The zero-order valence-corrected chi connectivity index (χ0v) is 49.0. The van der Waals surface area contributed by atoms with E-state index in [2.05, 4.69) is 98.8 Å². The van der Waals surface area contributed by atoms with E-state index < -0.39 is 16.1 Å². The molecule has 74 heavy (non-hydrogen) atoms. The third kappa shape index (κ3) is 19.5. The Morgan fingerprint density at radius 1 is 0.541 bits per heavy atom. The van der Waals surface area contributed by atoms with Gasteiger partial charge >= 0.3 is 5.97 Å². The molecule has 0 saturated heterocycles. The van der Waals surface area contributed by atoms with Gasteiger partial charge in [0.05, 0.1) is 41.3 Å². The number of fused-ring (bicyclic) bond motifs is 2. The maximum absolute atomic E-state index is 11.0. The van der Waals surface area contributed by atoms with Crippen molar-refractivity contribution in [3.63, 3.8) is 0 Å². The van der Waals surface area contributed by atoms with E-state index in [9.17, 15) is 13.2 Å². The number of methoxy groups -OCH3 is 4. The molecule has 0 spiro atoms. The summed E-state index contributed by atoms with van der Waals surface area (Å²) in [7, 11) is 3.61. The van der Waals surface area contributed by atoms with Crippen LogP contribution in [-0.2, 0) is 29.9 Å². The van der Waals surface area contributed by atoms with Crippen LogP contribution in [0.15, 0.2) is 94.7 Å². The van der Waals surface area contributed by atoms with Crippen LogP contribution in [0, 0.1) is 0 Å². The first-order valence-electron chi connectivity index (χ1n) is 27.3. The molecular weight excluding hydrogens is 1000 g/mol. The first kappa shape index (κ1) is 61.4. The molecule has 9 nitrogen and oxygen atoms in total. The number of ether oxygens (including phenoxy) is 4. The van der Waals surface area contributed by atoms with E-state index in [0.29, 0.717) is 24.9 Å². The highest BCUT2D eigenvalue weighted by atomic mass is 32.2. The third-order valence-electron chi connectivity index (χ3n) is 15.2. The molecule has 410 valence electrons. The minimum Gasteiger partial charge on any atom is -0.497 e. The number of unbranched alkanes of at least 4 members (excludes halogenated alkanes) is 14. The molecular formula is C61H88O9S4. The summed E-state index contributed by atoms with van der Waals surface area (Å²) in [6.07, 6.45) is 23.7. The summed E-state index contributed by atoms with van der Waals surface area (Å²) >= 11 is 5.93. The summed E-state index contributed by atoms with van der Waals surface area (Å²) in [5.74, 6) is 8.48. The van der Waals surface area contributed by atoms with E-state index in [4.69, 9.17) is 28.2 Å². The monoisotopic (exact) mass is 1090 g/mol. The van der Waals surface area contributed by atoms with E-state index in [-0.39, 0.29) is 10.8 Å². The number of carboxylic acid groups (broad SMARTS) is 1. The fourth-order valence-electron chi connectivity index (χ4n) is 10.7. The topological polar surface area (TPSA) is 118 Å². The van der Waals surface area contributed by atoms with Crippen LogP contribution >= 0.6 is 35.3 Å². The normalized spacial score (nSPS) is 19.1. The Morgan fingerprint density at radius 2 is 0.905 bits per heavy atom. The Kier molecular flexibility index (Phi) is 26.8.